The van der Waals surface area contributed by atoms with Crippen LogP contribution >= 0.6 is 15.9 Å². The molecule has 1 aliphatic rings. The normalized spacial score (nSPS) is 20.3. The van der Waals surface area contributed by atoms with Crippen molar-refractivity contribution in [2.75, 3.05) is 6.54 Å². The van der Waals surface area contributed by atoms with Gasteiger partial charge in [0, 0.05) is 28.3 Å². The minimum absolute atomic E-state index is 0.134. The van der Waals surface area contributed by atoms with Gasteiger partial charge in [-0.05, 0) is 46.8 Å². The van der Waals surface area contributed by atoms with Gasteiger partial charge in [-0.15, -0.1) is 0 Å². The SMILES string of the molecule is C[C@@H](C(=O)NCc1cc2c(Br)cncc2[nH]1)N1CC(c2ccccc2)CC1C(N)=O. The number of H-pyrrole nitrogens is 1. The molecule has 30 heavy (non-hydrogen) atoms. The Labute approximate surface area is 183 Å². The molecule has 0 saturated carbocycles. The summed E-state index contributed by atoms with van der Waals surface area (Å²) in [6, 6.07) is 11.1. The topological polar surface area (TPSA) is 104 Å². The first kappa shape index (κ1) is 20.6. The Kier molecular flexibility index (Phi) is 5.87. The molecule has 1 aromatic carbocycles. The number of halogens is 1. The van der Waals surface area contributed by atoms with Crippen molar-refractivity contribution in [1.82, 2.24) is 20.2 Å². The van der Waals surface area contributed by atoms with Gasteiger partial charge in [0.25, 0.3) is 0 Å². The molecule has 0 spiro atoms. The number of likely N-dealkylation sites (tertiary alicyclic amines) is 1. The van der Waals surface area contributed by atoms with Gasteiger partial charge in [-0.1, -0.05) is 30.3 Å². The lowest BCUT2D eigenvalue weighted by atomic mass is 9.96. The number of pyridine rings is 1. The molecular weight excluding hydrogens is 446 g/mol. The minimum atomic E-state index is -0.464. The average molecular weight is 470 g/mol. The van der Waals surface area contributed by atoms with E-state index in [-0.39, 0.29) is 17.7 Å². The summed E-state index contributed by atoms with van der Waals surface area (Å²) < 4.78 is 0.899. The number of aromatic nitrogens is 2. The van der Waals surface area contributed by atoms with Crippen LogP contribution < -0.4 is 11.1 Å². The van der Waals surface area contributed by atoms with Crippen molar-refractivity contribution in [1.29, 1.82) is 0 Å². The van der Waals surface area contributed by atoms with E-state index < -0.39 is 12.1 Å². The zero-order valence-corrected chi connectivity index (χ0v) is 18.2. The number of nitrogens with two attached hydrogens (primary N) is 1. The first-order valence-corrected chi connectivity index (χ1v) is 10.7. The molecular formula is C22H24BrN5O2. The van der Waals surface area contributed by atoms with Crippen LogP contribution in [0.15, 0.2) is 53.3 Å². The zero-order valence-electron chi connectivity index (χ0n) is 16.6. The Morgan fingerprint density at radius 2 is 2.10 bits per heavy atom. The van der Waals surface area contributed by atoms with Crippen LogP contribution in [0.4, 0.5) is 0 Å². The Morgan fingerprint density at radius 1 is 1.33 bits per heavy atom. The first-order chi connectivity index (χ1) is 14.4. The van der Waals surface area contributed by atoms with Gasteiger partial charge in [0.1, 0.15) is 0 Å². The molecule has 2 unspecified atom stereocenters. The van der Waals surface area contributed by atoms with Gasteiger partial charge in [0.15, 0.2) is 0 Å². The van der Waals surface area contributed by atoms with Crippen molar-refractivity contribution in [2.24, 2.45) is 5.73 Å². The number of hydrogen-bond acceptors (Lipinski definition) is 4. The molecule has 2 amide bonds. The Balaban J connectivity index is 1.43. The highest BCUT2D eigenvalue weighted by Crippen LogP contribution is 2.33. The second kappa shape index (κ2) is 8.57. The Hall–Kier alpha value is -2.71. The lowest BCUT2D eigenvalue weighted by Crippen LogP contribution is -2.51. The van der Waals surface area contributed by atoms with Gasteiger partial charge in [0.05, 0.1) is 30.3 Å². The fourth-order valence-electron chi connectivity index (χ4n) is 4.19. The molecule has 1 aliphatic heterocycles. The van der Waals surface area contributed by atoms with Crippen LogP contribution in [0, 0.1) is 0 Å². The van der Waals surface area contributed by atoms with Crippen LogP contribution in [-0.4, -0.2) is 45.3 Å². The van der Waals surface area contributed by atoms with Crippen LogP contribution in [0.25, 0.3) is 10.9 Å². The third-order valence-corrected chi connectivity index (χ3v) is 6.45. The maximum atomic E-state index is 12.9. The summed E-state index contributed by atoms with van der Waals surface area (Å²) in [4.78, 5) is 34.2. The smallest absolute Gasteiger partial charge is 0.237 e. The van der Waals surface area contributed by atoms with Crippen molar-refractivity contribution in [3.63, 3.8) is 0 Å². The second-order valence-electron chi connectivity index (χ2n) is 7.73. The summed E-state index contributed by atoms with van der Waals surface area (Å²) in [5.74, 6) is -0.343. The molecule has 2 aromatic heterocycles. The summed E-state index contributed by atoms with van der Waals surface area (Å²) in [6.45, 7) is 2.81. The Morgan fingerprint density at radius 3 is 2.80 bits per heavy atom. The molecule has 1 saturated heterocycles. The zero-order chi connectivity index (χ0) is 21.3. The van der Waals surface area contributed by atoms with Gasteiger partial charge in [-0.25, -0.2) is 0 Å². The second-order valence-corrected chi connectivity index (χ2v) is 8.58. The number of benzene rings is 1. The van der Waals surface area contributed by atoms with E-state index in [1.165, 1.54) is 0 Å². The molecule has 3 atom stereocenters. The van der Waals surface area contributed by atoms with Crippen molar-refractivity contribution < 1.29 is 9.59 Å². The molecule has 1 fully saturated rings. The number of carbonyl (C=O) groups is 2. The summed E-state index contributed by atoms with van der Waals surface area (Å²) >= 11 is 3.48. The van der Waals surface area contributed by atoms with Crippen LogP contribution in [0.5, 0.6) is 0 Å². The number of amides is 2. The average Bonchev–Trinajstić information content (AvgIpc) is 3.37. The van der Waals surface area contributed by atoms with Crippen LogP contribution in [0.3, 0.4) is 0 Å². The third kappa shape index (κ3) is 4.11. The lowest BCUT2D eigenvalue weighted by Gasteiger charge is -2.28. The molecule has 4 N–H and O–H groups in total. The molecule has 7 nitrogen and oxygen atoms in total. The predicted molar refractivity (Wildman–Crippen MR) is 119 cm³/mol. The molecule has 156 valence electrons. The van der Waals surface area contributed by atoms with Crippen LogP contribution in [-0.2, 0) is 16.1 Å². The van der Waals surface area contributed by atoms with E-state index in [0.717, 1.165) is 26.6 Å². The highest BCUT2D eigenvalue weighted by Gasteiger charge is 2.40. The lowest BCUT2D eigenvalue weighted by molar-refractivity contribution is -0.129. The van der Waals surface area contributed by atoms with E-state index in [9.17, 15) is 9.59 Å². The van der Waals surface area contributed by atoms with Gasteiger partial charge in [-0.2, -0.15) is 0 Å². The molecule has 0 radical (unpaired) electrons. The van der Waals surface area contributed by atoms with Gasteiger partial charge in [0.2, 0.25) is 11.8 Å². The number of nitrogens with one attached hydrogen (secondary N) is 2. The van der Waals surface area contributed by atoms with Crippen LogP contribution in [0.2, 0.25) is 0 Å². The highest BCUT2D eigenvalue weighted by molar-refractivity contribution is 9.10. The quantitative estimate of drug-likeness (QED) is 0.515. The number of hydrogen-bond donors (Lipinski definition) is 3. The van der Waals surface area contributed by atoms with E-state index in [1.807, 2.05) is 36.1 Å². The fourth-order valence-corrected chi connectivity index (χ4v) is 4.63. The van der Waals surface area contributed by atoms with Gasteiger partial charge < -0.3 is 16.0 Å². The van der Waals surface area contributed by atoms with E-state index in [4.69, 9.17) is 5.73 Å². The maximum Gasteiger partial charge on any atom is 0.237 e. The summed E-state index contributed by atoms with van der Waals surface area (Å²) in [5.41, 5.74) is 8.61. The summed E-state index contributed by atoms with van der Waals surface area (Å²) in [6.07, 6.45) is 4.11. The van der Waals surface area contributed by atoms with Crippen molar-refractivity contribution in [2.45, 2.75) is 37.9 Å². The Bertz CT molecular complexity index is 1070. The summed E-state index contributed by atoms with van der Waals surface area (Å²) in [5, 5.41) is 3.99. The third-order valence-electron chi connectivity index (χ3n) is 5.82. The molecule has 4 rings (SSSR count). The molecule has 3 aromatic rings. The van der Waals surface area contributed by atoms with Crippen LogP contribution in [0.1, 0.15) is 30.5 Å². The van der Waals surface area contributed by atoms with Crippen molar-refractivity contribution in [3.8, 4) is 0 Å². The maximum absolute atomic E-state index is 12.9. The van der Waals surface area contributed by atoms with E-state index in [2.05, 4.69) is 43.3 Å². The number of nitrogens with zero attached hydrogens (tertiary/aromatic N) is 2. The standard InChI is InChI=1S/C22H24BrN5O2/c1-13(22(30)26-9-16-8-17-18(23)10-25-11-19(17)27-16)28-12-15(7-20(28)21(24)29)14-5-3-2-4-6-14/h2-6,8,10-11,13,15,20,27H,7,9,12H2,1H3,(H2,24,29)(H,26,30)/t13-,15?,20?/m0/s1. The number of fused-ring (bicyclic) bond motifs is 1. The van der Waals surface area contributed by atoms with Gasteiger partial charge in [-0.3, -0.25) is 19.5 Å². The number of aromatic amines is 1. The number of primary amides is 1. The molecule has 0 bridgehead atoms. The minimum Gasteiger partial charge on any atom is -0.368 e. The van der Waals surface area contributed by atoms with E-state index in [0.29, 0.717) is 19.5 Å². The number of carbonyl (C=O) groups excluding carboxylic acids is 2. The molecule has 0 aliphatic carbocycles. The van der Waals surface area contributed by atoms with Crippen molar-refractivity contribution >= 4 is 38.6 Å². The summed E-state index contributed by atoms with van der Waals surface area (Å²) in [7, 11) is 0. The largest absolute Gasteiger partial charge is 0.368 e. The predicted octanol–water partition coefficient (Wildman–Crippen LogP) is 2.67. The first-order valence-electron chi connectivity index (χ1n) is 9.93. The van der Waals surface area contributed by atoms with E-state index >= 15 is 0 Å². The van der Waals surface area contributed by atoms with Crippen molar-refractivity contribution in [3.05, 3.63) is 64.5 Å². The molecule has 3 heterocycles. The van der Waals surface area contributed by atoms with E-state index in [1.54, 1.807) is 12.4 Å². The highest BCUT2D eigenvalue weighted by atomic mass is 79.9. The monoisotopic (exact) mass is 469 g/mol. The molecule has 8 heteroatoms. The number of rotatable bonds is 6. The fraction of sp³-hybridized carbons (Fsp3) is 0.318. The van der Waals surface area contributed by atoms with Gasteiger partial charge >= 0.3 is 0 Å².